The van der Waals surface area contributed by atoms with Crippen LogP contribution in [0.2, 0.25) is 0 Å². The molecule has 1 aliphatic carbocycles. The standard InChI is InChI=1S/C12H24O3/c1-4-15-12(7-5-6-8-12)11(13)9-14-10(2)3/h10-11,13H,4-9H2,1-3H3. The molecule has 0 aromatic heterocycles. The van der Waals surface area contributed by atoms with Crippen LogP contribution in [-0.4, -0.2) is 36.1 Å². The van der Waals surface area contributed by atoms with Crippen molar-refractivity contribution in [2.24, 2.45) is 0 Å². The molecule has 3 heteroatoms. The topological polar surface area (TPSA) is 38.7 Å². The average Bonchev–Trinajstić information content (AvgIpc) is 2.64. The van der Waals surface area contributed by atoms with Gasteiger partial charge >= 0.3 is 0 Å². The van der Waals surface area contributed by atoms with E-state index in [9.17, 15) is 5.11 Å². The molecule has 1 atom stereocenters. The summed E-state index contributed by atoms with van der Waals surface area (Å²) in [5.41, 5.74) is -0.330. The van der Waals surface area contributed by atoms with Crippen LogP contribution in [0.1, 0.15) is 46.5 Å². The van der Waals surface area contributed by atoms with E-state index in [1.165, 1.54) is 0 Å². The summed E-state index contributed by atoms with van der Waals surface area (Å²) in [5, 5.41) is 10.1. The highest BCUT2D eigenvalue weighted by Gasteiger charge is 2.41. The first-order chi connectivity index (χ1) is 7.10. The summed E-state index contributed by atoms with van der Waals surface area (Å²) >= 11 is 0. The highest BCUT2D eigenvalue weighted by Crippen LogP contribution is 2.36. The van der Waals surface area contributed by atoms with Gasteiger partial charge in [-0.3, -0.25) is 0 Å². The van der Waals surface area contributed by atoms with Crippen LogP contribution in [-0.2, 0) is 9.47 Å². The maximum atomic E-state index is 10.1. The molecule has 1 fully saturated rings. The normalized spacial score (nSPS) is 22.2. The van der Waals surface area contributed by atoms with Crippen LogP contribution in [0.3, 0.4) is 0 Å². The first kappa shape index (κ1) is 12.9. The first-order valence-corrected chi connectivity index (χ1v) is 6.04. The van der Waals surface area contributed by atoms with Gasteiger partial charge in [0.15, 0.2) is 0 Å². The maximum absolute atomic E-state index is 10.1. The fraction of sp³-hybridized carbons (Fsp3) is 1.00. The van der Waals surface area contributed by atoms with Crippen LogP contribution in [0.5, 0.6) is 0 Å². The molecule has 0 bridgehead atoms. The Labute approximate surface area is 92.8 Å². The Kier molecular flexibility index (Phi) is 5.03. The summed E-state index contributed by atoms with van der Waals surface area (Å²) in [6, 6.07) is 0. The molecule has 0 aromatic carbocycles. The van der Waals surface area contributed by atoms with E-state index < -0.39 is 6.10 Å². The maximum Gasteiger partial charge on any atom is 0.106 e. The van der Waals surface area contributed by atoms with E-state index in [4.69, 9.17) is 9.47 Å². The van der Waals surface area contributed by atoms with E-state index in [0.29, 0.717) is 13.2 Å². The third-order valence-corrected chi connectivity index (χ3v) is 3.08. The lowest BCUT2D eigenvalue weighted by Gasteiger charge is -2.34. The zero-order valence-electron chi connectivity index (χ0n) is 10.2. The molecular formula is C12H24O3. The molecule has 15 heavy (non-hydrogen) atoms. The lowest BCUT2D eigenvalue weighted by atomic mass is 9.95. The summed E-state index contributed by atoms with van der Waals surface area (Å²) in [7, 11) is 0. The van der Waals surface area contributed by atoms with Crippen LogP contribution in [0.15, 0.2) is 0 Å². The summed E-state index contributed by atoms with van der Waals surface area (Å²) < 4.78 is 11.2. The summed E-state index contributed by atoms with van der Waals surface area (Å²) in [5.74, 6) is 0. The second kappa shape index (κ2) is 5.83. The van der Waals surface area contributed by atoms with Crippen LogP contribution >= 0.6 is 0 Å². The molecule has 3 nitrogen and oxygen atoms in total. The molecule has 1 saturated carbocycles. The van der Waals surface area contributed by atoms with Gasteiger partial charge in [0.2, 0.25) is 0 Å². The van der Waals surface area contributed by atoms with Crippen molar-refractivity contribution in [1.29, 1.82) is 0 Å². The van der Waals surface area contributed by atoms with Crippen molar-refractivity contribution in [3.05, 3.63) is 0 Å². The molecule has 1 aliphatic rings. The number of hydrogen-bond acceptors (Lipinski definition) is 3. The molecule has 0 radical (unpaired) electrons. The third-order valence-electron chi connectivity index (χ3n) is 3.08. The Hall–Kier alpha value is -0.120. The predicted molar refractivity (Wildman–Crippen MR) is 59.9 cm³/mol. The minimum absolute atomic E-state index is 0.166. The zero-order chi connectivity index (χ0) is 11.3. The molecule has 1 N–H and O–H groups in total. The van der Waals surface area contributed by atoms with Crippen molar-refractivity contribution in [2.45, 2.75) is 64.3 Å². The van der Waals surface area contributed by atoms with Crippen molar-refractivity contribution in [1.82, 2.24) is 0 Å². The van der Waals surface area contributed by atoms with E-state index >= 15 is 0 Å². The van der Waals surface area contributed by atoms with Gasteiger partial charge in [0.25, 0.3) is 0 Å². The molecule has 0 saturated heterocycles. The van der Waals surface area contributed by atoms with Gasteiger partial charge in [0.1, 0.15) is 6.10 Å². The highest BCUT2D eigenvalue weighted by atomic mass is 16.5. The molecule has 0 aliphatic heterocycles. The molecule has 1 rings (SSSR count). The Morgan fingerprint density at radius 2 is 1.87 bits per heavy atom. The Balaban J connectivity index is 2.47. The summed E-state index contributed by atoms with van der Waals surface area (Å²) in [4.78, 5) is 0. The monoisotopic (exact) mass is 216 g/mol. The number of ether oxygens (including phenoxy) is 2. The SMILES string of the molecule is CCOC1(C(O)COC(C)C)CCCC1. The quantitative estimate of drug-likeness (QED) is 0.739. The number of aliphatic hydroxyl groups excluding tert-OH is 1. The van der Waals surface area contributed by atoms with Crippen molar-refractivity contribution in [2.75, 3.05) is 13.2 Å². The van der Waals surface area contributed by atoms with Gasteiger partial charge in [-0.25, -0.2) is 0 Å². The molecule has 0 aromatic rings. The van der Waals surface area contributed by atoms with Gasteiger partial charge in [0, 0.05) is 6.61 Å². The zero-order valence-corrected chi connectivity index (χ0v) is 10.2. The van der Waals surface area contributed by atoms with Crippen LogP contribution in [0.25, 0.3) is 0 Å². The lowest BCUT2D eigenvalue weighted by molar-refractivity contribution is -0.143. The van der Waals surface area contributed by atoms with E-state index in [-0.39, 0.29) is 11.7 Å². The predicted octanol–water partition coefficient (Wildman–Crippen LogP) is 2.12. The van der Waals surface area contributed by atoms with E-state index in [0.717, 1.165) is 25.7 Å². The van der Waals surface area contributed by atoms with Crippen molar-refractivity contribution >= 4 is 0 Å². The van der Waals surface area contributed by atoms with Crippen molar-refractivity contribution in [3.63, 3.8) is 0 Å². The Bertz CT molecular complexity index is 174. The largest absolute Gasteiger partial charge is 0.388 e. The first-order valence-electron chi connectivity index (χ1n) is 6.04. The van der Waals surface area contributed by atoms with Gasteiger partial charge in [0.05, 0.1) is 18.3 Å². The molecule has 0 spiro atoms. The third kappa shape index (κ3) is 3.44. The summed E-state index contributed by atoms with van der Waals surface area (Å²) in [6.07, 6.45) is 3.91. The van der Waals surface area contributed by atoms with Gasteiger partial charge in [-0.2, -0.15) is 0 Å². The van der Waals surface area contributed by atoms with Gasteiger partial charge in [-0.15, -0.1) is 0 Å². The van der Waals surface area contributed by atoms with E-state index in [2.05, 4.69) is 0 Å². The van der Waals surface area contributed by atoms with Gasteiger partial charge in [-0.1, -0.05) is 12.8 Å². The Morgan fingerprint density at radius 1 is 1.27 bits per heavy atom. The number of aliphatic hydroxyl groups is 1. The minimum atomic E-state index is -0.484. The van der Waals surface area contributed by atoms with Crippen molar-refractivity contribution in [3.8, 4) is 0 Å². The number of rotatable bonds is 6. The second-order valence-electron chi connectivity index (χ2n) is 4.60. The molecule has 0 heterocycles. The average molecular weight is 216 g/mol. The van der Waals surface area contributed by atoms with Gasteiger partial charge in [-0.05, 0) is 33.6 Å². The molecule has 1 unspecified atom stereocenters. The van der Waals surface area contributed by atoms with Crippen LogP contribution < -0.4 is 0 Å². The van der Waals surface area contributed by atoms with Crippen LogP contribution in [0.4, 0.5) is 0 Å². The van der Waals surface area contributed by atoms with Crippen LogP contribution in [0, 0.1) is 0 Å². The molecule has 0 amide bonds. The smallest absolute Gasteiger partial charge is 0.106 e. The molecular weight excluding hydrogens is 192 g/mol. The minimum Gasteiger partial charge on any atom is -0.388 e. The van der Waals surface area contributed by atoms with Gasteiger partial charge < -0.3 is 14.6 Å². The molecule has 90 valence electrons. The highest BCUT2D eigenvalue weighted by molar-refractivity contribution is 4.93. The fourth-order valence-electron chi connectivity index (χ4n) is 2.27. The Morgan fingerprint density at radius 3 is 2.33 bits per heavy atom. The second-order valence-corrected chi connectivity index (χ2v) is 4.60. The van der Waals surface area contributed by atoms with E-state index in [1.807, 2.05) is 20.8 Å². The summed E-state index contributed by atoms with van der Waals surface area (Å²) in [6.45, 7) is 7.00. The fourth-order valence-corrected chi connectivity index (χ4v) is 2.27. The van der Waals surface area contributed by atoms with Crippen molar-refractivity contribution < 1.29 is 14.6 Å². The lowest BCUT2D eigenvalue weighted by Crippen LogP contribution is -2.45. The van der Waals surface area contributed by atoms with E-state index in [1.54, 1.807) is 0 Å². The number of hydrogen-bond donors (Lipinski definition) is 1.